The van der Waals surface area contributed by atoms with E-state index in [-0.39, 0.29) is 42.8 Å². The zero-order chi connectivity index (χ0) is 20.3. The van der Waals surface area contributed by atoms with E-state index in [0.717, 1.165) is 6.42 Å². The Kier molecular flexibility index (Phi) is 6.28. The first-order chi connectivity index (χ1) is 13.4. The van der Waals surface area contributed by atoms with Crippen molar-refractivity contribution >= 4 is 17.7 Å². The van der Waals surface area contributed by atoms with Gasteiger partial charge in [0.1, 0.15) is 6.04 Å². The summed E-state index contributed by atoms with van der Waals surface area (Å²) in [5.41, 5.74) is 6.73. The zero-order valence-electron chi connectivity index (χ0n) is 16.1. The number of hydrogen-bond donors (Lipinski definition) is 3. The third-order valence-electron chi connectivity index (χ3n) is 5.91. The van der Waals surface area contributed by atoms with Crippen molar-refractivity contribution in [1.82, 2.24) is 20.0 Å². The van der Waals surface area contributed by atoms with Crippen molar-refractivity contribution in [2.24, 2.45) is 5.11 Å². The molecule has 0 bridgehead atoms. The van der Waals surface area contributed by atoms with Gasteiger partial charge in [-0.3, -0.25) is 14.4 Å². The lowest BCUT2D eigenvalue weighted by atomic mass is 10.1. The van der Waals surface area contributed by atoms with Crippen molar-refractivity contribution < 1.29 is 19.5 Å². The van der Waals surface area contributed by atoms with E-state index in [0.29, 0.717) is 32.5 Å². The van der Waals surface area contributed by atoms with Crippen molar-refractivity contribution in [3.05, 3.63) is 12.4 Å². The largest absolute Gasteiger partial charge is 0.389 e. The number of fused-ring (bicyclic) bond motifs is 1. The third-order valence-corrected chi connectivity index (χ3v) is 5.91. The standard InChI is InChI=1S/C18H28N6O4/c1-12(25)22-8-4-13-2-3-15(24(13)17(27)5-9-22)18(28)23-10-14(16(26)11-23)20-6-7-21-19/h6-7,13-16,19-20,26H,2-5,8-11H2,1H3/b7-6-,21-19?/t13-,14-,15+,16?/m1/s1. The van der Waals surface area contributed by atoms with E-state index in [1.54, 1.807) is 14.7 Å². The lowest BCUT2D eigenvalue weighted by Crippen LogP contribution is -2.52. The summed E-state index contributed by atoms with van der Waals surface area (Å²) in [5.74, 6) is -0.234. The quantitative estimate of drug-likeness (QED) is 0.563. The number of likely N-dealkylation sites (tertiary alicyclic amines) is 1. The Labute approximate surface area is 164 Å². The molecular formula is C18H28N6O4. The van der Waals surface area contributed by atoms with E-state index in [4.69, 9.17) is 5.53 Å². The van der Waals surface area contributed by atoms with Crippen LogP contribution in [0.1, 0.15) is 32.6 Å². The Bertz CT molecular complexity index is 668. The highest BCUT2D eigenvalue weighted by Gasteiger charge is 2.45. The maximum atomic E-state index is 13.1. The fourth-order valence-electron chi connectivity index (χ4n) is 4.42. The summed E-state index contributed by atoms with van der Waals surface area (Å²) >= 11 is 0. The van der Waals surface area contributed by atoms with Crippen LogP contribution in [0.3, 0.4) is 0 Å². The summed E-state index contributed by atoms with van der Waals surface area (Å²) in [6.07, 6.45) is 4.29. The van der Waals surface area contributed by atoms with Crippen LogP contribution >= 0.6 is 0 Å². The minimum absolute atomic E-state index is 0.0216. The van der Waals surface area contributed by atoms with Gasteiger partial charge in [-0.25, -0.2) is 5.53 Å². The molecule has 0 aromatic rings. The predicted octanol–water partition coefficient (Wildman–Crippen LogP) is -0.348. The van der Waals surface area contributed by atoms with Crippen molar-refractivity contribution in [1.29, 1.82) is 5.53 Å². The molecular weight excluding hydrogens is 364 g/mol. The summed E-state index contributed by atoms with van der Waals surface area (Å²) in [4.78, 5) is 42.6. The SMILES string of the molecule is CC(=O)N1CCC(=O)N2[C@H](CC[C@H]2C(=O)N2CC(O)[C@H](N/C=C\N=N)C2)CC1. The summed E-state index contributed by atoms with van der Waals surface area (Å²) in [6, 6.07) is -0.843. The maximum Gasteiger partial charge on any atom is 0.245 e. The topological polar surface area (TPSA) is 129 Å². The minimum Gasteiger partial charge on any atom is -0.389 e. The van der Waals surface area contributed by atoms with Gasteiger partial charge in [0.25, 0.3) is 0 Å². The van der Waals surface area contributed by atoms with Gasteiger partial charge in [-0.15, -0.1) is 0 Å². The van der Waals surface area contributed by atoms with Gasteiger partial charge in [-0.1, -0.05) is 0 Å². The Morgan fingerprint density at radius 3 is 2.71 bits per heavy atom. The molecule has 0 saturated carbocycles. The predicted molar refractivity (Wildman–Crippen MR) is 98.9 cm³/mol. The average molecular weight is 392 g/mol. The molecule has 3 N–H and O–H groups in total. The zero-order valence-corrected chi connectivity index (χ0v) is 16.1. The van der Waals surface area contributed by atoms with Crippen LogP contribution in [-0.4, -0.2) is 87.9 Å². The highest BCUT2D eigenvalue weighted by atomic mass is 16.3. The minimum atomic E-state index is -0.719. The first kappa shape index (κ1) is 20.2. The highest BCUT2D eigenvalue weighted by molar-refractivity contribution is 5.89. The number of aliphatic hydroxyl groups excluding tert-OH is 1. The fraction of sp³-hybridized carbons (Fsp3) is 0.722. The van der Waals surface area contributed by atoms with Crippen LogP contribution < -0.4 is 5.32 Å². The number of carbonyl (C=O) groups excluding carboxylic acids is 3. The van der Waals surface area contributed by atoms with Gasteiger partial charge in [-0.2, -0.15) is 5.11 Å². The molecule has 4 atom stereocenters. The van der Waals surface area contributed by atoms with Crippen molar-refractivity contribution in [2.45, 2.75) is 56.8 Å². The van der Waals surface area contributed by atoms with E-state index in [1.165, 1.54) is 19.3 Å². The molecule has 0 aromatic carbocycles. The summed E-state index contributed by atoms with van der Waals surface area (Å²) in [7, 11) is 0. The highest BCUT2D eigenvalue weighted by Crippen LogP contribution is 2.31. The molecule has 3 amide bonds. The molecule has 154 valence electrons. The molecule has 3 heterocycles. The van der Waals surface area contributed by atoms with E-state index in [9.17, 15) is 19.5 Å². The second-order valence-electron chi connectivity index (χ2n) is 7.62. The van der Waals surface area contributed by atoms with E-state index in [1.807, 2.05) is 0 Å². The molecule has 10 heteroatoms. The number of carbonyl (C=O) groups is 3. The number of rotatable bonds is 4. The average Bonchev–Trinajstić information content (AvgIpc) is 3.23. The van der Waals surface area contributed by atoms with Gasteiger partial charge < -0.3 is 25.1 Å². The molecule has 0 aliphatic carbocycles. The Hall–Kier alpha value is -2.49. The lowest BCUT2D eigenvalue weighted by molar-refractivity contribution is -0.146. The lowest BCUT2D eigenvalue weighted by Gasteiger charge is -2.35. The van der Waals surface area contributed by atoms with Crippen LogP contribution in [0.5, 0.6) is 0 Å². The molecule has 3 aliphatic rings. The van der Waals surface area contributed by atoms with Crippen LogP contribution in [0.2, 0.25) is 0 Å². The maximum absolute atomic E-state index is 13.1. The summed E-state index contributed by atoms with van der Waals surface area (Å²) in [5, 5.41) is 16.3. The smallest absolute Gasteiger partial charge is 0.245 e. The Balaban J connectivity index is 1.65. The van der Waals surface area contributed by atoms with Gasteiger partial charge in [0.2, 0.25) is 17.7 Å². The molecule has 0 aromatic heterocycles. The third kappa shape index (κ3) is 4.16. The second kappa shape index (κ2) is 8.68. The Morgan fingerprint density at radius 2 is 2.00 bits per heavy atom. The fourth-order valence-corrected chi connectivity index (χ4v) is 4.42. The monoisotopic (exact) mass is 392 g/mol. The van der Waals surface area contributed by atoms with E-state index >= 15 is 0 Å². The number of β-amino-alcohol motifs (C(OH)–C–C–N with tert-alkyl or cyclic N) is 1. The van der Waals surface area contributed by atoms with Gasteiger partial charge >= 0.3 is 0 Å². The van der Waals surface area contributed by atoms with Gasteiger partial charge in [0.05, 0.1) is 18.3 Å². The number of amides is 3. The summed E-state index contributed by atoms with van der Waals surface area (Å²) < 4.78 is 0. The van der Waals surface area contributed by atoms with Crippen LogP contribution in [-0.2, 0) is 14.4 Å². The number of hydrogen-bond acceptors (Lipinski definition) is 7. The molecule has 3 fully saturated rings. The van der Waals surface area contributed by atoms with Crippen LogP contribution in [0.15, 0.2) is 17.5 Å². The normalized spacial score (nSPS) is 30.9. The first-order valence-corrected chi connectivity index (χ1v) is 9.73. The van der Waals surface area contributed by atoms with Crippen molar-refractivity contribution in [3.8, 4) is 0 Å². The summed E-state index contributed by atoms with van der Waals surface area (Å²) in [6.45, 7) is 3.06. The van der Waals surface area contributed by atoms with Gasteiger partial charge in [-0.05, 0) is 19.3 Å². The molecule has 28 heavy (non-hydrogen) atoms. The van der Waals surface area contributed by atoms with Crippen LogP contribution in [0.25, 0.3) is 0 Å². The second-order valence-corrected chi connectivity index (χ2v) is 7.62. The van der Waals surface area contributed by atoms with Gasteiger partial charge in [0.15, 0.2) is 0 Å². The molecule has 3 aliphatic heterocycles. The number of nitrogens with zero attached hydrogens (tertiary/aromatic N) is 4. The number of aliphatic hydroxyl groups is 1. The molecule has 10 nitrogen and oxygen atoms in total. The van der Waals surface area contributed by atoms with Gasteiger partial charge in [0, 0.05) is 51.8 Å². The van der Waals surface area contributed by atoms with Crippen molar-refractivity contribution in [2.75, 3.05) is 26.2 Å². The van der Waals surface area contributed by atoms with E-state index in [2.05, 4.69) is 10.4 Å². The molecule has 0 spiro atoms. The van der Waals surface area contributed by atoms with Crippen LogP contribution in [0.4, 0.5) is 0 Å². The first-order valence-electron chi connectivity index (χ1n) is 9.73. The van der Waals surface area contributed by atoms with Crippen molar-refractivity contribution in [3.63, 3.8) is 0 Å². The van der Waals surface area contributed by atoms with E-state index < -0.39 is 12.1 Å². The van der Waals surface area contributed by atoms with Crippen LogP contribution in [0, 0.1) is 5.53 Å². The Morgan fingerprint density at radius 1 is 1.21 bits per heavy atom. The molecule has 1 unspecified atom stereocenters. The molecule has 0 radical (unpaired) electrons. The molecule has 3 saturated heterocycles. The number of nitrogens with one attached hydrogen (secondary N) is 2. The molecule has 3 rings (SSSR count).